The Hall–Kier alpha value is -2.93. The highest BCUT2D eigenvalue weighted by Crippen LogP contribution is 2.33. The number of methoxy groups -OCH3 is 1. The molecule has 3 N–H and O–H groups in total. The van der Waals surface area contributed by atoms with Crippen molar-refractivity contribution in [3.8, 4) is 17.2 Å². The van der Waals surface area contributed by atoms with Gasteiger partial charge in [0.05, 0.1) is 30.4 Å². The minimum atomic E-state index is -0.284. The van der Waals surface area contributed by atoms with E-state index in [4.69, 9.17) is 14.9 Å². The molecule has 0 spiro atoms. The molecule has 1 aromatic carbocycles. The number of ether oxygens (including phenoxy) is 1. The first kappa shape index (κ1) is 19.8. The maximum absolute atomic E-state index is 11.2. The summed E-state index contributed by atoms with van der Waals surface area (Å²) in [6.07, 6.45) is 5.66. The number of aromatic nitrogens is 2. The molecule has 3 aromatic rings. The average molecular weight is 382 g/mol. The largest absolute Gasteiger partial charge is 0.480 e. The van der Waals surface area contributed by atoms with Gasteiger partial charge in [0.2, 0.25) is 17.7 Å². The van der Waals surface area contributed by atoms with Crippen LogP contribution >= 0.6 is 0 Å². The van der Waals surface area contributed by atoms with Gasteiger partial charge in [-0.05, 0) is 25.0 Å². The molecule has 0 aliphatic heterocycles. The Balaban J connectivity index is 1.66. The lowest BCUT2D eigenvalue weighted by atomic mass is 10.1. The monoisotopic (exact) mass is 382 g/mol. The Kier molecular flexibility index (Phi) is 6.60. The first-order chi connectivity index (χ1) is 13.6. The van der Waals surface area contributed by atoms with Crippen LogP contribution in [0.4, 0.5) is 0 Å². The van der Waals surface area contributed by atoms with E-state index < -0.39 is 0 Å². The lowest BCUT2D eigenvalue weighted by molar-refractivity contribution is -0.120. The summed E-state index contributed by atoms with van der Waals surface area (Å²) in [5.41, 5.74) is 7.84. The number of nitrogens with two attached hydrogens (primary N) is 1. The summed E-state index contributed by atoms with van der Waals surface area (Å²) in [4.78, 5) is 20.1. The van der Waals surface area contributed by atoms with Crippen LogP contribution in [0.2, 0.25) is 0 Å². The van der Waals surface area contributed by atoms with E-state index >= 15 is 0 Å². The van der Waals surface area contributed by atoms with Crippen molar-refractivity contribution in [3.63, 3.8) is 0 Å². The summed E-state index contributed by atoms with van der Waals surface area (Å²) >= 11 is 0. The topological polar surface area (TPSA) is 103 Å². The van der Waals surface area contributed by atoms with Gasteiger partial charge in [-0.3, -0.25) is 4.79 Å². The van der Waals surface area contributed by atoms with E-state index in [-0.39, 0.29) is 11.9 Å². The molecule has 3 rings (SSSR count). The summed E-state index contributed by atoms with van der Waals surface area (Å²) in [6.45, 7) is 0. The molecule has 2 aromatic heterocycles. The molecule has 148 valence electrons. The fourth-order valence-corrected chi connectivity index (χ4v) is 3.09. The number of carbonyl (C=O) groups is 1. The molecule has 28 heavy (non-hydrogen) atoms. The average Bonchev–Trinajstić information content (AvgIpc) is 3.22. The van der Waals surface area contributed by atoms with Gasteiger partial charge in [0.15, 0.2) is 5.76 Å². The summed E-state index contributed by atoms with van der Waals surface area (Å²) in [5.74, 6) is 1.64. The number of hydrogen-bond acceptors (Lipinski definition) is 6. The number of carbonyl (C=O) groups excluding carboxylic acids is 1. The van der Waals surface area contributed by atoms with Gasteiger partial charge in [-0.25, -0.2) is 9.97 Å². The van der Waals surface area contributed by atoms with Gasteiger partial charge < -0.3 is 20.2 Å². The van der Waals surface area contributed by atoms with Crippen molar-refractivity contribution in [1.29, 1.82) is 0 Å². The molecular weight excluding hydrogens is 356 g/mol. The Labute approximate surface area is 164 Å². The SMILES string of the molecule is CNC(=O)CCCCC[C@H](N)c1ncc(-c2cc3ccccc3nc2OC)o1. The molecule has 0 aliphatic rings. The van der Waals surface area contributed by atoms with Crippen LogP contribution < -0.4 is 15.8 Å². The number of hydrogen-bond donors (Lipinski definition) is 2. The molecule has 2 heterocycles. The van der Waals surface area contributed by atoms with E-state index in [0.717, 1.165) is 42.1 Å². The molecule has 1 amide bonds. The number of pyridine rings is 1. The molecule has 7 nitrogen and oxygen atoms in total. The van der Waals surface area contributed by atoms with Crippen LogP contribution in [0.1, 0.15) is 44.0 Å². The molecule has 0 unspecified atom stereocenters. The van der Waals surface area contributed by atoms with Crippen molar-refractivity contribution in [1.82, 2.24) is 15.3 Å². The molecule has 0 bridgehead atoms. The third kappa shape index (κ3) is 4.67. The van der Waals surface area contributed by atoms with E-state index in [0.29, 0.717) is 24.0 Å². The molecule has 0 fully saturated rings. The molecule has 0 radical (unpaired) electrons. The number of nitrogens with zero attached hydrogens (tertiary/aromatic N) is 2. The maximum atomic E-state index is 11.2. The van der Waals surface area contributed by atoms with Gasteiger partial charge in [-0.1, -0.05) is 31.0 Å². The second kappa shape index (κ2) is 9.32. The Morgan fingerprint density at radius 3 is 2.89 bits per heavy atom. The van der Waals surface area contributed by atoms with Crippen molar-refractivity contribution in [3.05, 3.63) is 42.4 Å². The lowest BCUT2D eigenvalue weighted by Gasteiger charge is -2.08. The fraction of sp³-hybridized carbons (Fsp3) is 0.381. The third-order valence-electron chi connectivity index (χ3n) is 4.69. The van der Waals surface area contributed by atoms with Gasteiger partial charge in [0, 0.05) is 18.9 Å². The molecule has 1 atom stereocenters. The second-order valence-corrected chi connectivity index (χ2v) is 6.68. The van der Waals surface area contributed by atoms with Crippen LogP contribution in [-0.2, 0) is 4.79 Å². The smallest absolute Gasteiger partial charge is 0.224 e. The van der Waals surface area contributed by atoms with E-state index in [9.17, 15) is 4.79 Å². The highest BCUT2D eigenvalue weighted by atomic mass is 16.5. The molecule has 0 saturated carbocycles. The van der Waals surface area contributed by atoms with Gasteiger partial charge >= 0.3 is 0 Å². The van der Waals surface area contributed by atoms with Crippen LogP contribution in [0.3, 0.4) is 0 Å². The Morgan fingerprint density at radius 1 is 1.29 bits per heavy atom. The zero-order chi connectivity index (χ0) is 19.9. The number of rotatable bonds is 9. The van der Waals surface area contributed by atoms with Crippen LogP contribution in [-0.4, -0.2) is 30.0 Å². The minimum absolute atomic E-state index is 0.0691. The van der Waals surface area contributed by atoms with Gasteiger partial charge in [-0.2, -0.15) is 0 Å². The van der Waals surface area contributed by atoms with Crippen molar-refractivity contribution in [2.75, 3.05) is 14.2 Å². The number of para-hydroxylation sites is 1. The zero-order valence-corrected chi connectivity index (χ0v) is 16.3. The molecule has 0 saturated heterocycles. The Bertz CT molecular complexity index is 938. The predicted molar refractivity (Wildman–Crippen MR) is 108 cm³/mol. The lowest BCUT2D eigenvalue weighted by Crippen LogP contribution is -2.17. The van der Waals surface area contributed by atoms with Crippen LogP contribution in [0, 0.1) is 0 Å². The predicted octanol–water partition coefficient (Wildman–Crippen LogP) is 3.59. The normalized spacial score (nSPS) is 12.1. The van der Waals surface area contributed by atoms with Crippen molar-refractivity contribution < 1.29 is 13.9 Å². The number of fused-ring (bicyclic) bond motifs is 1. The number of oxazole rings is 1. The minimum Gasteiger partial charge on any atom is -0.480 e. The number of nitrogens with one attached hydrogen (secondary N) is 1. The summed E-state index contributed by atoms with van der Waals surface area (Å²) in [7, 11) is 3.24. The Morgan fingerprint density at radius 2 is 2.11 bits per heavy atom. The van der Waals surface area contributed by atoms with E-state index in [1.807, 2.05) is 30.3 Å². The van der Waals surface area contributed by atoms with Crippen LogP contribution in [0.25, 0.3) is 22.2 Å². The summed E-state index contributed by atoms with van der Waals surface area (Å²) < 4.78 is 11.4. The summed E-state index contributed by atoms with van der Waals surface area (Å²) in [6, 6.07) is 9.53. The number of unbranched alkanes of at least 4 members (excludes halogenated alkanes) is 2. The molecular formula is C21H26N4O3. The summed E-state index contributed by atoms with van der Waals surface area (Å²) in [5, 5.41) is 3.62. The van der Waals surface area contributed by atoms with Crippen molar-refractivity contribution >= 4 is 16.8 Å². The van der Waals surface area contributed by atoms with Gasteiger partial charge in [0.25, 0.3) is 0 Å². The van der Waals surface area contributed by atoms with E-state index in [1.54, 1.807) is 20.4 Å². The number of amides is 1. The highest BCUT2D eigenvalue weighted by Gasteiger charge is 2.17. The highest BCUT2D eigenvalue weighted by molar-refractivity contribution is 5.85. The standard InChI is InChI=1S/C21H26N4O3/c1-23-19(26)11-5-3-4-9-16(22)21-24-13-18(28-21)15-12-14-8-6-7-10-17(14)25-20(15)27-2/h6-8,10,12-13,16H,3-5,9,11,22H2,1-2H3,(H,23,26)/t16-/m0/s1. The van der Waals surface area contributed by atoms with Gasteiger partial charge in [0.1, 0.15) is 0 Å². The molecule has 7 heteroatoms. The van der Waals surface area contributed by atoms with E-state index in [2.05, 4.69) is 15.3 Å². The first-order valence-corrected chi connectivity index (χ1v) is 9.48. The van der Waals surface area contributed by atoms with Crippen LogP contribution in [0.15, 0.2) is 40.9 Å². The zero-order valence-electron chi connectivity index (χ0n) is 16.3. The van der Waals surface area contributed by atoms with Gasteiger partial charge in [-0.15, -0.1) is 0 Å². The van der Waals surface area contributed by atoms with E-state index in [1.165, 1.54) is 0 Å². The molecule has 0 aliphatic carbocycles. The van der Waals surface area contributed by atoms with Crippen LogP contribution in [0.5, 0.6) is 5.88 Å². The van der Waals surface area contributed by atoms with Crippen molar-refractivity contribution in [2.45, 2.75) is 38.1 Å². The number of benzene rings is 1. The fourth-order valence-electron chi connectivity index (χ4n) is 3.09. The second-order valence-electron chi connectivity index (χ2n) is 6.68. The first-order valence-electron chi connectivity index (χ1n) is 9.48. The quantitative estimate of drug-likeness (QED) is 0.548. The maximum Gasteiger partial charge on any atom is 0.224 e. The van der Waals surface area contributed by atoms with Crippen molar-refractivity contribution in [2.24, 2.45) is 5.73 Å². The third-order valence-corrected chi connectivity index (χ3v) is 4.69.